The zero-order valence-corrected chi connectivity index (χ0v) is 12.6. The highest BCUT2D eigenvalue weighted by Gasteiger charge is 1.99. The molecule has 2 aromatic carbocycles. The lowest BCUT2D eigenvalue weighted by molar-refractivity contribution is 0.244. The van der Waals surface area contributed by atoms with E-state index in [0.717, 1.165) is 23.3 Å². The predicted octanol–water partition coefficient (Wildman–Crippen LogP) is 3.21. The molecule has 0 spiro atoms. The summed E-state index contributed by atoms with van der Waals surface area (Å²) < 4.78 is 5.17. The van der Waals surface area contributed by atoms with Crippen molar-refractivity contribution in [1.82, 2.24) is 10.6 Å². The molecule has 0 radical (unpaired) electrons. The molecule has 0 aromatic heterocycles. The van der Waals surface area contributed by atoms with Crippen LogP contribution in [0.2, 0.25) is 0 Å². The van der Waals surface area contributed by atoms with Crippen molar-refractivity contribution in [2.75, 3.05) is 13.7 Å². The van der Waals surface area contributed by atoms with Crippen LogP contribution in [0, 0.1) is 0 Å². The summed E-state index contributed by atoms with van der Waals surface area (Å²) in [5.41, 5.74) is 2.17. The molecule has 0 atom stereocenters. The Balaban J connectivity index is 1.70. The van der Waals surface area contributed by atoms with Crippen molar-refractivity contribution in [3.05, 3.63) is 71.9 Å². The molecule has 114 valence electrons. The molecule has 0 unspecified atom stereocenters. The Hall–Kier alpha value is -2.75. The van der Waals surface area contributed by atoms with Crippen molar-refractivity contribution < 1.29 is 9.53 Å². The number of carbonyl (C=O) groups is 1. The first-order chi connectivity index (χ1) is 10.8. The molecule has 4 nitrogen and oxygen atoms in total. The molecule has 0 heterocycles. The van der Waals surface area contributed by atoms with E-state index in [1.54, 1.807) is 13.3 Å². The van der Waals surface area contributed by atoms with Gasteiger partial charge in [0.15, 0.2) is 0 Å². The Labute approximate surface area is 130 Å². The van der Waals surface area contributed by atoms with Gasteiger partial charge in [-0.2, -0.15) is 0 Å². The fourth-order valence-electron chi connectivity index (χ4n) is 1.98. The summed E-state index contributed by atoms with van der Waals surface area (Å²) in [4.78, 5) is 11.6. The molecule has 0 aliphatic heterocycles. The molecule has 0 bridgehead atoms. The third kappa shape index (κ3) is 5.32. The fourth-order valence-corrected chi connectivity index (χ4v) is 1.98. The highest BCUT2D eigenvalue weighted by molar-refractivity contribution is 5.75. The van der Waals surface area contributed by atoms with E-state index in [2.05, 4.69) is 10.6 Å². The SMILES string of the molecule is COc1cccc(CCNC(=O)N/C=C/c2ccccc2)c1. The minimum Gasteiger partial charge on any atom is -0.497 e. The molecule has 0 saturated carbocycles. The minimum absolute atomic E-state index is 0.213. The maximum absolute atomic E-state index is 11.6. The second-order valence-corrected chi connectivity index (χ2v) is 4.75. The molecule has 2 amide bonds. The molecule has 2 rings (SSSR count). The second kappa shape index (κ2) is 8.52. The van der Waals surface area contributed by atoms with Crippen LogP contribution in [0.3, 0.4) is 0 Å². The van der Waals surface area contributed by atoms with Gasteiger partial charge in [-0.1, -0.05) is 42.5 Å². The number of benzene rings is 2. The zero-order valence-electron chi connectivity index (χ0n) is 12.6. The lowest BCUT2D eigenvalue weighted by Crippen LogP contribution is -2.33. The lowest BCUT2D eigenvalue weighted by Gasteiger charge is -2.06. The molecule has 4 heteroatoms. The van der Waals surface area contributed by atoms with Crippen LogP contribution in [0.5, 0.6) is 5.75 Å². The summed E-state index contributed by atoms with van der Waals surface area (Å²) in [6.45, 7) is 0.568. The minimum atomic E-state index is -0.213. The normalized spacial score (nSPS) is 10.4. The number of nitrogens with one attached hydrogen (secondary N) is 2. The summed E-state index contributed by atoms with van der Waals surface area (Å²) in [5.74, 6) is 0.827. The molecule has 0 fully saturated rings. The van der Waals surface area contributed by atoms with Crippen LogP contribution in [-0.4, -0.2) is 19.7 Å². The molecular formula is C18H20N2O2. The summed E-state index contributed by atoms with van der Waals surface area (Å²) >= 11 is 0. The van der Waals surface area contributed by atoms with Crippen molar-refractivity contribution in [2.24, 2.45) is 0 Å². The number of hydrogen-bond acceptors (Lipinski definition) is 2. The van der Waals surface area contributed by atoms with Gasteiger partial charge in [0.05, 0.1) is 7.11 Å². The van der Waals surface area contributed by atoms with Gasteiger partial charge < -0.3 is 15.4 Å². The van der Waals surface area contributed by atoms with Crippen LogP contribution in [0.15, 0.2) is 60.8 Å². The van der Waals surface area contributed by atoms with Crippen LogP contribution in [0.1, 0.15) is 11.1 Å². The highest BCUT2D eigenvalue weighted by atomic mass is 16.5. The van der Waals surface area contributed by atoms with Gasteiger partial charge in [0, 0.05) is 12.7 Å². The summed E-state index contributed by atoms with van der Waals surface area (Å²) in [5, 5.41) is 5.50. The molecule has 0 saturated heterocycles. The Morgan fingerprint density at radius 1 is 1.14 bits per heavy atom. The van der Waals surface area contributed by atoms with Crippen LogP contribution in [0.4, 0.5) is 4.79 Å². The van der Waals surface area contributed by atoms with Crippen molar-refractivity contribution in [3.8, 4) is 5.75 Å². The third-order valence-electron chi connectivity index (χ3n) is 3.12. The maximum Gasteiger partial charge on any atom is 0.318 e. The van der Waals surface area contributed by atoms with Gasteiger partial charge in [0.25, 0.3) is 0 Å². The first-order valence-electron chi connectivity index (χ1n) is 7.17. The van der Waals surface area contributed by atoms with E-state index in [4.69, 9.17) is 4.74 Å². The molecule has 0 aliphatic carbocycles. The van der Waals surface area contributed by atoms with Crippen molar-refractivity contribution in [1.29, 1.82) is 0 Å². The van der Waals surface area contributed by atoms with Crippen molar-refractivity contribution in [3.63, 3.8) is 0 Å². The van der Waals surface area contributed by atoms with E-state index < -0.39 is 0 Å². The Morgan fingerprint density at radius 3 is 2.73 bits per heavy atom. The monoisotopic (exact) mass is 296 g/mol. The van der Waals surface area contributed by atoms with Crippen LogP contribution in [-0.2, 0) is 6.42 Å². The number of ether oxygens (including phenoxy) is 1. The van der Waals surface area contributed by atoms with Gasteiger partial charge in [-0.05, 0) is 35.8 Å². The average molecular weight is 296 g/mol. The van der Waals surface area contributed by atoms with Gasteiger partial charge in [-0.15, -0.1) is 0 Å². The Kier molecular flexibility index (Phi) is 6.05. The van der Waals surface area contributed by atoms with Gasteiger partial charge in [0.1, 0.15) is 5.75 Å². The van der Waals surface area contributed by atoms with Crippen molar-refractivity contribution >= 4 is 12.1 Å². The maximum atomic E-state index is 11.6. The Morgan fingerprint density at radius 2 is 1.95 bits per heavy atom. The van der Waals surface area contributed by atoms with E-state index in [1.165, 1.54) is 0 Å². The van der Waals surface area contributed by atoms with Gasteiger partial charge in [0.2, 0.25) is 0 Å². The summed E-state index contributed by atoms with van der Waals surface area (Å²) in [6, 6.07) is 17.4. The molecule has 2 N–H and O–H groups in total. The molecule has 0 aliphatic rings. The van der Waals surface area contributed by atoms with E-state index in [-0.39, 0.29) is 6.03 Å². The smallest absolute Gasteiger partial charge is 0.318 e. The zero-order chi connectivity index (χ0) is 15.6. The Bertz CT molecular complexity index is 624. The predicted molar refractivity (Wildman–Crippen MR) is 88.7 cm³/mol. The van der Waals surface area contributed by atoms with Gasteiger partial charge >= 0.3 is 6.03 Å². The third-order valence-corrected chi connectivity index (χ3v) is 3.12. The molecular weight excluding hydrogens is 276 g/mol. The highest BCUT2D eigenvalue weighted by Crippen LogP contribution is 2.12. The number of amides is 2. The number of hydrogen-bond donors (Lipinski definition) is 2. The van der Waals surface area contributed by atoms with E-state index in [1.807, 2.05) is 60.7 Å². The standard InChI is InChI=1S/C18H20N2O2/c1-22-17-9-5-8-16(14-17)11-13-20-18(21)19-12-10-15-6-3-2-4-7-15/h2-10,12,14H,11,13H2,1H3,(H2,19,20,21)/b12-10+. The summed E-state index contributed by atoms with van der Waals surface area (Å²) in [7, 11) is 1.64. The first kappa shape index (κ1) is 15.6. The van der Waals surface area contributed by atoms with E-state index in [0.29, 0.717) is 6.54 Å². The van der Waals surface area contributed by atoms with E-state index >= 15 is 0 Å². The summed E-state index contributed by atoms with van der Waals surface area (Å²) in [6.07, 6.45) is 4.24. The largest absolute Gasteiger partial charge is 0.497 e. The number of rotatable bonds is 6. The van der Waals surface area contributed by atoms with Gasteiger partial charge in [-0.25, -0.2) is 4.79 Å². The van der Waals surface area contributed by atoms with Crippen molar-refractivity contribution in [2.45, 2.75) is 6.42 Å². The van der Waals surface area contributed by atoms with Crippen LogP contribution in [0.25, 0.3) is 6.08 Å². The fraction of sp³-hybridized carbons (Fsp3) is 0.167. The van der Waals surface area contributed by atoms with E-state index in [9.17, 15) is 4.79 Å². The molecule has 2 aromatic rings. The number of urea groups is 1. The van der Waals surface area contributed by atoms with Gasteiger partial charge in [-0.3, -0.25) is 0 Å². The van der Waals surface area contributed by atoms with Crippen LogP contribution >= 0.6 is 0 Å². The second-order valence-electron chi connectivity index (χ2n) is 4.75. The van der Waals surface area contributed by atoms with Crippen LogP contribution < -0.4 is 15.4 Å². The molecule has 22 heavy (non-hydrogen) atoms. The quantitative estimate of drug-likeness (QED) is 0.860. The first-order valence-corrected chi connectivity index (χ1v) is 7.17. The number of methoxy groups -OCH3 is 1. The number of carbonyl (C=O) groups excluding carboxylic acids is 1. The average Bonchev–Trinajstić information content (AvgIpc) is 2.56. The topological polar surface area (TPSA) is 50.4 Å². The lowest BCUT2D eigenvalue weighted by atomic mass is 10.1.